The van der Waals surface area contributed by atoms with E-state index in [-0.39, 0.29) is 5.82 Å². The van der Waals surface area contributed by atoms with Gasteiger partial charge in [-0.15, -0.1) is 0 Å². The molecule has 0 unspecified atom stereocenters. The molecule has 76 valence electrons. The molecule has 2 rings (SSSR count). The molecular formula is C11H10FN3. The van der Waals surface area contributed by atoms with Crippen LogP contribution in [0.3, 0.4) is 0 Å². The van der Waals surface area contributed by atoms with E-state index in [1.54, 1.807) is 25.5 Å². The van der Waals surface area contributed by atoms with E-state index in [4.69, 9.17) is 0 Å². The van der Waals surface area contributed by atoms with Gasteiger partial charge in [-0.25, -0.2) is 14.4 Å². The molecule has 0 spiro atoms. The van der Waals surface area contributed by atoms with Gasteiger partial charge in [0.25, 0.3) is 0 Å². The second-order valence-electron chi connectivity index (χ2n) is 3.06. The Morgan fingerprint density at radius 1 is 1.13 bits per heavy atom. The van der Waals surface area contributed by atoms with Crippen LogP contribution in [0.2, 0.25) is 0 Å². The lowest BCUT2D eigenvalue weighted by atomic mass is 10.1. The van der Waals surface area contributed by atoms with Crippen LogP contribution >= 0.6 is 0 Å². The van der Waals surface area contributed by atoms with Gasteiger partial charge in [0.05, 0.1) is 0 Å². The first-order chi connectivity index (χ1) is 7.29. The predicted octanol–water partition coefficient (Wildman–Crippen LogP) is 2.32. The number of nitrogens with one attached hydrogen (secondary N) is 1. The van der Waals surface area contributed by atoms with Gasteiger partial charge in [0.15, 0.2) is 0 Å². The van der Waals surface area contributed by atoms with Gasteiger partial charge < -0.3 is 5.32 Å². The lowest BCUT2D eigenvalue weighted by Gasteiger charge is -2.02. The Morgan fingerprint density at radius 2 is 1.87 bits per heavy atom. The zero-order chi connectivity index (χ0) is 10.7. The van der Waals surface area contributed by atoms with Gasteiger partial charge in [-0.3, -0.25) is 0 Å². The first kappa shape index (κ1) is 9.58. The smallest absolute Gasteiger partial charge is 0.222 e. The molecule has 0 aliphatic heterocycles. The van der Waals surface area contributed by atoms with Crippen LogP contribution < -0.4 is 5.32 Å². The van der Waals surface area contributed by atoms with Crippen molar-refractivity contribution in [1.82, 2.24) is 9.97 Å². The minimum absolute atomic E-state index is 0.259. The summed E-state index contributed by atoms with van der Waals surface area (Å²) in [5.74, 6) is 0.292. The van der Waals surface area contributed by atoms with Gasteiger partial charge in [0, 0.05) is 25.0 Å². The van der Waals surface area contributed by atoms with E-state index in [1.807, 2.05) is 6.07 Å². The van der Waals surface area contributed by atoms with Crippen molar-refractivity contribution in [3.8, 4) is 11.1 Å². The molecule has 0 bridgehead atoms. The lowest BCUT2D eigenvalue weighted by molar-refractivity contribution is 0.628. The maximum atomic E-state index is 12.9. The molecule has 0 aliphatic rings. The molecule has 1 heterocycles. The summed E-state index contributed by atoms with van der Waals surface area (Å²) >= 11 is 0. The predicted molar refractivity (Wildman–Crippen MR) is 57.0 cm³/mol. The van der Waals surface area contributed by atoms with Gasteiger partial charge in [-0.2, -0.15) is 0 Å². The Kier molecular flexibility index (Phi) is 2.58. The van der Waals surface area contributed by atoms with Gasteiger partial charge in [0.2, 0.25) is 5.95 Å². The Bertz CT molecular complexity index is 454. The van der Waals surface area contributed by atoms with Gasteiger partial charge >= 0.3 is 0 Å². The molecule has 0 fully saturated rings. The van der Waals surface area contributed by atoms with Crippen LogP contribution in [0.25, 0.3) is 11.1 Å². The standard InChI is InChI=1S/C11H10FN3/c1-13-11-14-6-9(7-15-11)8-3-2-4-10(12)5-8/h2-7H,1H3,(H,13,14,15). The third kappa shape index (κ3) is 2.10. The number of benzene rings is 1. The number of hydrogen-bond acceptors (Lipinski definition) is 3. The van der Waals surface area contributed by atoms with Crippen molar-refractivity contribution < 1.29 is 4.39 Å². The van der Waals surface area contributed by atoms with E-state index in [9.17, 15) is 4.39 Å². The van der Waals surface area contributed by atoms with Crippen LogP contribution in [0.1, 0.15) is 0 Å². The molecule has 0 amide bonds. The number of rotatable bonds is 2. The molecule has 0 radical (unpaired) electrons. The molecule has 0 saturated heterocycles. The molecule has 15 heavy (non-hydrogen) atoms. The van der Waals surface area contributed by atoms with Crippen LogP contribution in [-0.4, -0.2) is 17.0 Å². The summed E-state index contributed by atoms with van der Waals surface area (Å²) in [6.07, 6.45) is 3.32. The SMILES string of the molecule is CNc1ncc(-c2cccc(F)c2)cn1. The first-order valence-electron chi connectivity index (χ1n) is 4.55. The number of anilines is 1. The van der Waals surface area contributed by atoms with Gasteiger partial charge in [0.1, 0.15) is 5.82 Å². The van der Waals surface area contributed by atoms with E-state index in [0.717, 1.165) is 11.1 Å². The molecule has 2 aromatic rings. The highest BCUT2D eigenvalue weighted by Crippen LogP contribution is 2.18. The zero-order valence-corrected chi connectivity index (χ0v) is 8.24. The van der Waals surface area contributed by atoms with Crippen molar-refractivity contribution in [3.05, 3.63) is 42.5 Å². The van der Waals surface area contributed by atoms with E-state index in [2.05, 4.69) is 15.3 Å². The van der Waals surface area contributed by atoms with Crippen LogP contribution in [0.15, 0.2) is 36.7 Å². The van der Waals surface area contributed by atoms with Crippen molar-refractivity contribution >= 4 is 5.95 Å². The summed E-state index contributed by atoms with van der Waals surface area (Å²) in [5, 5.41) is 2.82. The first-order valence-corrected chi connectivity index (χ1v) is 4.55. The van der Waals surface area contributed by atoms with Crippen molar-refractivity contribution in [3.63, 3.8) is 0 Å². The van der Waals surface area contributed by atoms with Crippen LogP contribution in [0, 0.1) is 5.82 Å². The number of halogens is 1. The third-order valence-corrected chi connectivity index (χ3v) is 2.03. The summed E-state index contributed by atoms with van der Waals surface area (Å²) in [7, 11) is 1.75. The molecule has 3 nitrogen and oxygen atoms in total. The second kappa shape index (κ2) is 4.04. The van der Waals surface area contributed by atoms with Gasteiger partial charge in [-0.05, 0) is 17.7 Å². The van der Waals surface area contributed by atoms with E-state index < -0.39 is 0 Å². The highest BCUT2D eigenvalue weighted by molar-refractivity contribution is 5.61. The maximum Gasteiger partial charge on any atom is 0.222 e. The van der Waals surface area contributed by atoms with Crippen LogP contribution in [-0.2, 0) is 0 Å². The highest BCUT2D eigenvalue weighted by Gasteiger charge is 2.00. The Balaban J connectivity index is 2.37. The number of nitrogens with zero attached hydrogens (tertiary/aromatic N) is 2. The topological polar surface area (TPSA) is 37.8 Å². The fourth-order valence-electron chi connectivity index (χ4n) is 1.27. The summed E-state index contributed by atoms with van der Waals surface area (Å²) in [5.41, 5.74) is 1.58. The van der Waals surface area contributed by atoms with Crippen LogP contribution in [0.5, 0.6) is 0 Å². The number of hydrogen-bond donors (Lipinski definition) is 1. The van der Waals surface area contributed by atoms with Crippen LogP contribution in [0.4, 0.5) is 10.3 Å². The largest absolute Gasteiger partial charge is 0.357 e. The number of aromatic nitrogens is 2. The minimum Gasteiger partial charge on any atom is -0.357 e. The molecule has 0 atom stereocenters. The normalized spacial score (nSPS) is 10.0. The summed E-state index contributed by atoms with van der Waals surface area (Å²) in [6, 6.07) is 6.35. The second-order valence-corrected chi connectivity index (χ2v) is 3.06. The molecule has 1 aromatic heterocycles. The van der Waals surface area contributed by atoms with E-state index >= 15 is 0 Å². The van der Waals surface area contributed by atoms with Gasteiger partial charge in [-0.1, -0.05) is 12.1 Å². The molecule has 1 aromatic carbocycles. The lowest BCUT2D eigenvalue weighted by Crippen LogP contribution is -1.95. The monoisotopic (exact) mass is 203 g/mol. The van der Waals surface area contributed by atoms with Crippen molar-refractivity contribution in [1.29, 1.82) is 0 Å². The fraction of sp³-hybridized carbons (Fsp3) is 0.0909. The van der Waals surface area contributed by atoms with Crippen molar-refractivity contribution in [2.45, 2.75) is 0 Å². The Labute approximate surface area is 87.0 Å². The maximum absolute atomic E-state index is 12.9. The minimum atomic E-state index is -0.259. The summed E-state index contributed by atoms with van der Waals surface area (Å²) in [6.45, 7) is 0. The summed E-state index contributed by atoms with van der Waals surface area (Å²) < 4.78 is 12.9. The Hall–Kier alpha value is -1.97. The highest BCUT2D eigenvalue weighted by atomic mass is 19.1. The average Bonchev–Trinajstić information content (AvgIpc) is 2.29. The van der Waals surface area contributed by atoms with E-state index in [1.165, 1.54) is 12.1 Å². The van der Waals surface area contributed by atoms with Crippen molar-refractivity contribution in [2.75, 3.05) is 12.4 Å². The zero-order valence-electron chi connectivity index (χ0n) is 8.24. The van der Waals surface area contributed by atoms with E-state index in [0.29, 0.717) is 5.95 Å². The molecular weight excluding hydrogens is 193 g/mol. The third-order valence-electron chi connectivity index (χ3n) is 2.03. The summed E-state index contributed by atoms with van der Waals surface area (Å²) in [4.78, 5) is 8.12. The molecule has 1 N–H and O–H groups in total. The quantitative estimate of drug-likeness (QED) is 0.813. The van der Waals surface area contributed by atoms with Crippen molar-refractivity contribution in [2.24, 2.45) is 0 Å². The molecule has 0 saturated carbocycles. The molecule has 0 aliphatic carbocycles. The fourth-order valence-corrected chi connectivity index (χ4v) is 1.27. The average molecular weight is 203 g/mol. The Morgan fingerprint density at radius 3 is 2.47 bits per heavy atom. The molecule has 4 heteroatoms.